The average molecular weight is 243 g/mol. The molecule has 3 heteroatoms. The highest BCUT2D eigenvalue weighted by Gasteiger charge is 2.12. The first kappa shape index (κ1) is 13.0. The number of hydrogen-bond donors (Lipinski definition) is 1. The number of benzene rings is 1. The molecule has 0 spiro atoms. The molecule has 0 fully saturated rings. The second-order valence-corrected chi connectivity index (χ2v) is 4.61. The second-order valence-electron chi connectivity index (χ2n) is 4.61. The molecule has 1 unspecified atom stereocenters. The first-order valence-corrected chi connectivity index (χ1v) is 6.73. The molecule has 0 saturated carbocycles. The summed E-state index contributed by atoms with van der Waals surface area (Å²) >= 11 is 0. The summed E-state index contributed by atoms with van der Waals surface area (Å²) in [6.45, 7) is 2.23. The molecule has 0 aliphatic carbocycles. The Morgan fingerprint density at radius 1 is 1.17 bits per heavy atom. The van der Waals surface area contributed by atoms with Crippen molar-refractivity contribution in [3.8, 4) is 0 Å². The highest BCUT2D eigenvalue weighted by atomic mass is 14.9. The van der Waals surface area contributed by atoms with Crippen LogP contribution in [0.2, 0.25) is 0 Å². The van der Waals surface area contributed by atoms with E-state index in [-0.39, 0.29) is 0 Å². The summed E-state index contributed by atoms with van der Waals surface area (Å²) in [7, 11) is 2.02. The zero-order valence-corrected chi connectivity index (χ0v) is 11.2. The van der Waals surface area contributed by atoms with Crippen LogP contribution in [0.3, 0.4) is 0 Å². The third-order valence-corrected chi connectivity index (χ3v) is 3.35. The van der Waals surface area contributed by atoms with Gasteiger partial charge >= 0.3 is 0 Å². The molecule has 1 atom stereocenters. The molecule has 1 aromatic carbocycles. The normalized spacial score (nSPS) is 12.8. The average Bonchev–Trinajstić information content (AvgIpc) is 2.43. The molecule has 0 aliphatic rings. The Balaban J connectivity index is 2.27. The van der Waals surface area contributed by atoms with Gasteiger partial charge in [0.05, 0.1) is 11.0 Å². The van der Waals surface area contributed by atoms with Crippen molar-refractivity contribution in [1.29, 1.82) is 0 Å². The summed E-state index contributed by atoms with van der Waals surface area (Å²) in [5.74, 6) is 0. The fourth-order valence-corrected chi connectivity index (χ4v) is 2.35. The summed E-state index contributed by atoms with van der Waals surface area (Å²) in [4.78, 5) is 8.84. The Labute approximate surface area is 109 Å². The molecule has 1 heterocycles. The van der Waals surface area contributed by atoms with Crippen molar-refractivity contribution >= 4 is 11.0 Å². The van der Waals surface area contributed by atoms with Crippen molar-refractivity contribution in [1.82, 2.24) is 15.3 Å². The molecule has 96 valence electrons. The summed E-state index contributed by atoms with van der Waals surface area (Å²) in [5.41, 5.74) is 3.26. The minimum atomic E-state index is 0.372. The number of para-hydroxylation sites is 1. The lowest BCUT2D eigenvalue weighted by Crippen LogP contribution is -2.17. The number of fused-ring (bicyclic) bond motifs is 1. The third kappa shape index (κ3) is 2.85. The molecule has 3 nitrogen and oxygen atoms in total. The molecular formula is C15H21N3. The maximum absolute atomic E-state index is 4.48. The van der Waals surface area contributed by atoms with Crippen molar-refractivity contribution < 1.29 is 0 Å². The van der Waals surface area contributed by atoms with Crippen molar-refractivity contribution in [2.75, 3.05) is 7.05 Å². The smallest absolute Gasteiger partial charge is 0.0934 e. The van der Waals surface area contributed by atoms with E-state index in [9.17, 15) is 0 Å². The lowest BCUT2D eigenvalue weighted by molar-refractivity contribution is 0.514. The minimum absolute atomic E-state index is 0.372. The largest absolute Gasteiger partial charge is 0.313 e. The summed E-state index contributed by atoms with van der Waals surface area (Å²) in [6, 6.07) is 6.61. The predicted octanol–water partition coefficient (Wildman–Crippen LogP) is 3.47. The van der Waals surface area contributed by atoms with Gasteiger partial charge in [-0.05, 0) is 25.1 Å². The second kappa shape index (κ2) is 6.45. The van der Waals surface area contributed by atoms with Gasteiger partial charge in [-0.3, -0.25) is 9.97 Å². The van der Waals surface area contributed by atoms with Gasteiger partial charge in [-0.1, -0.05) is 38.3 Å². The number of nitrogens with zero attached hydrogens (tertiary/aromatic N) is 2. The van der Waals surface area contributed by atoms with E-state index in [1.165, 1.54) is 24.8 Å². The van der Waals surface area contributed by atoms with Crippen LogP contribution >= 0.6 is 0 Å². The Hall–Kier alpha value is -1.48. The standard InChI is InChI=1S/C15H21N3/c1-3-4-5-8-13(16-2)12-7-6-9-14-15(12)18-11-10-17-14/h6-7,9-11,13,16H,3-5,8H2,1-2H3. The van der Waals surface area contributed by atoms with Gasteiger partial charge in [-0.2, -0.15) is 0 Å². The third-order valence-electron chi connectivity index (χ3n) is 3.35. The first-order valence-electron chi connectivity index (χ1n) is 6.73. The SMILES string of the molecule is CCCCCC(NC)c1cccc2nccnc12. The van der Waals surface area contributed by atoms with Gasteiger partial charge in [0.15, 0.2) is 0 Å². The van der Waals surface area contributed by atoms with Crippen LogP contribution in [0.15, 0.2) is 30.6 Å². The minimum Gasteiger partial charge on any atom is -0.313 e. The topological polar surface area (TPSA) is 37.8 Å². The van der Waals surface area contributed by atoms with Gasteiger partial charge in [-0.15, -0.1) is 0 Å². The van der Waals surface area contributed by atoms with Crippen LogP contribution in [0.4, 0.5) is 0 Å². The fourth-order valence-electron chi connectivity index (χ4n) is 2.35. The molecule has 0 saturated heterocycles. The molecule has 1 aromatic heterocycles. The quantitative estimate of drug-likeness (QED) is 0.789. The van der Waals surface area contributed by atoms with Gasteiger partial charge < -0.3 is 5.32 Å². The zero-order valence-electron chi connectivity index (χ0n) is 11.2. The van der Waals surface area contributed by atoms with E-state index in [0.29, 0.717) is 6.04 Å². The maximum Gasteiger partial charge on any atom is 0.0934 e. The molecule has 0 radical (unpaired) electrons. The molecule has 2 rings (SSSR count). The maximum atomic E-state index is 4.48. The summed E-state index contributed by atoms with van der Waals surface area (Å²) in [5, 5.41) is 3.40. The fraction of sp³-hybridized carbons (Fsp3) is 0.467. The first-order chi connectivity index (χ1) is 8.86. The van der Waals surface area contributed by atoms with Crippen LogP contribution in [0, 0.1) is 0 Å². The molecule has 18 heavy (non-hydrogen) atoms. The Morgan fingerprint density at radius 2 is 2.00 bits per heavy atom. The van der Waals surface area contributed by atoms with Gasteiger partial charge in [0, 0.05) is 18.4 Å². The van der Waals surface area contributed by atoms with E-state index in [1.807, 2.05) is 13.1 Å². The van der Waals surface area contributed by atoms with Crippen LogP contribution in [0.5, 0.6) is 0 Å². The molecule has 1 N–H and O–H groups in total. The van der Waals surface area contributed by atoms with E-state index >= 15 is 0 Å². The number of nitrogens with one attached hydrogen (secondary N) is 1. The Morgan fingerprint density at radius 3 is 2.78 bits per heavy atom. The van der Waals surface area contributed by atoms with Gasteiger partial charge in [0.2, 0.25) is 0 Å². The van der Waals surface area contributed by atoms with Gasteiger partial charge in [-0.25, -0.2) is 0 Å². The van der Waals surface area contributed by atoms with Crippen molar-refractivity contribution in [3.63, 3.8) is 0 Å². The molecule has 0 aliphatic heterocycles. The van der Waals surface area contributed by atoms with Crippen LogP contribution in [0.1, 0.15) is 44.2 Å². The highest BCUT2D eigenvalue weighted by molar-refractivity contribution is 5.78. The van der Waals surface area contributed by atoms with Crippen LogP contribution < -0.4 is 5.32 Å². The summed E-state index contributed by atoms with van der Waals surface area (Å²) in [6.07, 6.45) is 8.46. The zero-order chi connectivity index (χ0) is 12.8. The monoisotopic (exact) mass is 243 g/mol. The predicted molar refractivity (Wildman–Crippen MR) is 75.5 cm³/mol. The number of rotatable bonds is 6. The molecule has 2 aromatic rings. The highest BCUT2D eigenvalue weighted by Crippen LogP contribution is 2.25. The van der Waals surface area contributed by atoms with E-state index in [1.54, 1.807) is 12.4 Å². The van der Waals surface area contributed by atoms with E-state index in [0.717, 1.165) is 17.5 Å². The van der Waals surface area contributed by atoms with E-state index < -0.39 is 0 Å². The van der Waals surface area contributed by atoms with E-state index in [2.05, 4.69) is 34.3 Å². The number of aromatic nitrogens is 2. The van der Waals surface area contributed by atoms with Gasteiger partial charge in [0.1, 0.15) is 0 Å². The molecule has 0 bridgehead atoms. The Kier molecular flexibility index (Phi) is 4.65. The lowest BCUT2D eigenvalue weighted by atomic mass is 9.99. The summed E-state index contributed by atoms with van der Waals surface area (Å²) < 4.78 is 0. The van der Waals surface area contributed by atoms with Crippen molar-refractivity contribution in [3.05, 3.63) is 36.2 Å². The van der Waals surface area contributed by atoms with Crippen molar-refractivity contribution in [2.24, 2.45) is 0 Å². The van der Waals surface area contributed by atoms with E-state index in [4.69, 9.17) is 0 Å². The van der Waals surface area contributed by atoms with Crippen LogP contribution in [-0.2, 0) is 0 Å². The number of hydrogen-bond acceptors (Lipinski definition) is 3. The number of unbranched alkanes of at least 4 members (excludes halogenated alkanes) is 2. The lowest BCUT2D eigenvalue weighted by Gasteiger charge is -2.17. The molecular weight excluding hydrogens is 222 g/mol. The van der Waals surface area contributed by atoms with Crippen LogP contribution in [-0.4, -0.2) is 17.0 Å². The molecule has 0 amide bonds. The van der Waals surface area contributed by atoms with Gasteiger partial charge in [0.25, 0.3) is 0 Å². The van der Waals surface area contributed by atoms with Crippen LogP contribution in [0.25, 0.3) is 11.0 Å². The Bertz CT molecular complexity index is 491. The van der Waals surface area contributed by atoms with Crippen molar-refractivity contribution in [2.45, 2.75) is 38.6 Å².